The Balaban J connectivity index is 4.29. The number of nitrogens with one attached hydrogen (secondary N) is 1. The average molecular weight is 238 g/mol. The van der Waals surface area contributed by atoms with Gasteiger partial charge in [-0.1, -0.05) is 0 Å². The number of ether oxygens (including phenoxy) is 1. The van der Waals surface area contributed by atoms with Crippen molar-refractivity contribution in [3.8, 4) is 6.07 Å². The van der Waals surface area contributed by atoms with Crippen molar-refractivity contribution in [2.75, 3.05) is 32.8 Å². The van der Waals surface area contributed by atoms with Crippen LogP contribution in [0.5, 0.6) is 0 Å². The molecule has 1 N–H and O–H groups in total. The van der Waals surface area contributed by atoms with E-state index < -0.39 is 5.97 Å². The zero-order chi connectivity index (χ0) is 13.3. The summed E-state index contributed by atoms with van der Waals surface area (Å²) in [5.41, 5.74) is -0.382. The van der Waals surface area contributed by atoms with Crippen molar-refractivity contribution in [1.29, 1.82) is 10.7 Å². The predicted octanol–water partition coefficient (Wildman–Crippen LogP) is 1.10. The zero-order valence-electron chi connectivity index (χ0n) is 10.7. The molecule has 0 atom stereocenters. The Hall–Kier alpha value is -1.63. The molecular formula is C12H20N3O2+. The minimum Gasteiger partial charge on any atom is -0.455 e. The fraction of sp³-hybridized carbons (Fsp3) is 0.667. The largest absolute Gasteiger partial charge is 0.455 e. The van der Waals surface area contributed by atoms with E-state index in [1.807, 2.05) is 0 Å². The molecule has 0 rings (SSSR count). The Bertz CT molecular complexity index is 339. The number of nitriles is 1. The lowest BCUT2D eigenvalue weighted by Crippen LogP contribution is -2.49. The molecule has 94 valence electrons. The molecular weight excluding hydrogens is 218 g/mol. The third kappa shape index (κ3) is 4.39. The van der Waals surface area contributed by atoms with Crippen LogP contribution in [-0.4, -0.2) is 49.1 Å². The molecule has 0 aliphatic carbocycles. The summed E-state index contributed by atoms with van der Waals surface area (Å²) in [6, 6.07) is 1.58. The SMILES string of the molecule is CC[N+](CC)(CC)CCOC(=O)C(=C=N)C#N. The summed E-state index contributed by atoms with van der Waals surface area (Å²) in [5, 5.41) is 15.3. The van der Waals surface area contributed by atoms with Crippen LogP contribution in [0.25, 0.3) is 0 Å². The summed E-state index contributed by atoms with van der Waals surface area (Å²) in [7, 11) is 0. The van der Waals surface area contributed by atoms with Gasteiger partial charge in [0.15, 0.2) is 5.57 Å². The highest BCUT2D eigenvalue weighted by atomic mass is 16.5. The van der Waals surface area contributed by atoms with Crippen LogP contribution < -0.4 is 0 Å². The Labute approximate surface area is 102 Å². The molecule has 0 radical (unpaired) electrons. The van der Waals surface area contributed by atoms with Gasteiger partial charge in [0.05, 0.1) is 19.6 Å². The third-order valence-electron chi connectivity index (χ3n) is 3.25. The van der Waals surface area contributed by atoms with Gasteiger partial charge in [0, 0.05) is 5.87 Å². The van der Waals surface area contributed by atoms with Gasteiger partial charge in [0.2, 0.25) is 0 Å². The van der Waals surface area contributed by atoms with Crippen molar-refractivity contribution in [2.45, 2.75) is 20.8 Å². The van der Waals surface area contributed by atoms with Crippen molar-refractivity contribution >= 4 is 11.8 Å². The number of likely N-dealkylation sites (N-methyl/N-ethyl adjacent to an activating group) is 1. The molecule has 0 aromatic heterocycles. The van der Waals surface area contributed by atoms with Gasteiger partial charge in [-0.2, -0.15) is 5.26 Å². The molecule has 0 saturated heterocycles. The van der Waals surface area contributed by atoms with E-state index in [-0.39, 0.29) is 12.2 Å². The normalized spacial score (nSPS) is 10.2. The second-order valence-electron chi connectivity index (χ2n) is 3.76. The maximum atomic E-state index is 11.3. The van der Waals surface area contributed by atoms with E-state index in [9.17, 15) is 4.79 Å². The molecule has 5 nitrogen and oxygen atoms in total. The van der Waals surface area contributed by atoms with Crippen LogP contribution in [0, 0.1) is 16.7 Å². The van der Waals surface area contributed by atoms with E-state index in [4.69, 9.17) is 15.4 Å². The van der Waals surface area contributed by atoms with Gasteiger partial charge >= 0.3 is 5.97 Å². The summed E-state index contributed by atoms with van der Waals surface area (Å²) in [4.78, 5) is 11.3. The fourth-order valence-electron chi connectivity index (χ4n) is 1.67. The van der Waals surface area contributed by atoms with Crippen LogP contribution in [0.1, 0.15) is 20.8 Å². The highest BCUT2D eigenvalue weighted by Crippen LogP contribution is 2.05. The maximum absolute atomic E-state index is 11.3. The van der Waals surface area contributed by atoms with Gasteiger partial charge in [-0.25, -0.2) is 4.79 Å². The molecule has 0 spiro atoms. The lowest BCUT2D eigenvalue weighted by molar-refractivity contribution is -0.923. The molecule has 0 aliphatic heterocycles. The summed E-state index contributed by atoms with van der Waals surface area (Å²) in [5.74, 6) is 1.01. The molecule has 0 aliphatic rings. The summed E-state index contributed by atoms with van der Waals surface area (Å²) in [6.07, 6.45) is 0. The average Bonchev–Trinajstić information content (AvgIpc) is 2.37. The monoisotopic (exact) mass is 238 g/mol. The van der Waals surface area contributed by atoms with Gasteiger partial charge in [0.1, 0.15) is 19.2 Å². The summed E-state index contributed by atoms with van der Waals surface area (Å²) < 4.78 is 5.83. The van der Waals surface area contributed by atoms with E-state index in [1.54, 1.807) is 11.9 Å². The van der Waals surface area contributed by atoms with E-state index in [0.29, 0.717) is 0 Å². The Morgan fingerprint density at radius 1 is 1.29 bits per heavy atom. The van der Waals surface area contributed by atoms with E-state index in [2.05, 4.69) is 20.8 Å². The highest BCUT2D eigenvalue weighted by molar-refractivity contribution is 6.01. The summed E-state index contributed by atoms with van der Waals surface area (Å²) in [6.45, 7) is 10.3. The standard InChI is InChI=1S/C12H20N3O2/c1-4-15(5-2,6-3)7-8-17-12(16)11(9-13)10-14/h13H,4-8H2,1-3H3/q+1. The number of esters is 1. The lowest BCUT2D eigenvalue weighted by atomic mass is 10.3. The van der Waals surface area contributed by atoms with Crippen molar-refractivity contribution in [3.63, 3.8) is 0 Å². The maximum Gasteiger partial charge on any atom is 0.358 e. The Kier molecular flexibility index (Phi) is 6.88. The van der Waals surface area contributed by atoms with Gasteiger partial charge < -0.3 is 9.22 Å². The Morgan fingerprint density at radius 2 is 1.82 bits per heavy atom. The number of quaternary nitrogens is 1. The van der Waals surface area contributed by atoms with E-state index >= 15 is 0 Å². The summed E-state index contributed by atoms with van der Waals surface area (Å²) >= 11 is 0. The smallest absolute Gasteiger partial charge is 0.358 e. The third-order valence-corrected chi connectivity index (χ3v) is 3.25. The molecule has 0 amide bonds. The molecule has 0 saturated carbocycles. The molecule has 0 aromatic rings. The molecule has 0 heterocycles. The van der Waals surface area contributed by atoms with Gasteiger partial charge in [0.25, 0.3) is 0 Å². The number of hydrogen-bond donors (Lipinski definition) is 1. The van der Waals surface area contributed by atoms with Crippen LogP contribution in [-0.2, 0) is 9.53 Å². The minimum atomic E-state index is -0.760. The molecule has 17 heavy (non-hydrogen) atoms. The molecule has 0 bridgehead atoms. The number of carbonyl (C=O) groups excluding carboxylic acids is 1. The van der Waals surface area contributed by atoms with E-state index in [0.717, 1.165) is 30.7 Å². The van der Waals surface area contributed by atoms with Gasteiger partial charge in [-0.3, -0.25) is 5.41 Å². The first-order valence-electron chi connectivity index (χ1n) is 5.81. The number of hydrogen-bond acceptors (Lipinski definition) is 4. The first-order valence-corrected chi connectivity index (χ1v) is 5.81. The lowest BCUT2D eigenvalue weighted by Gasteiger charge is -2.35. The number of nitrogens with zero attached hydrogens (tertiary/aromatic N) is 2. The van der Waals surface area contributed by atoms with Gasteiger partial charge in [-0.05, 0) is 20.8 Å². The highest BCUT2D eigenvalue weighted by Gasteiger charge is 2.21. The van der Waals surface area contributed by atoms with Crippen LogP contribution in [0.15, 0.2) is 5.57 Å². The van der Waals surface area contributed by atoms with Crippen molar-refractivity contribution in [1.82, 2.24) is 0 Å². The first-order chi connectivity index (χ1) is 8.09. The molecule has 0 unspecified atom stereocenters. The zero-order valence-corrected chi connectivity index (χ0v) is 10.7. The second-order valence-corrected chi connectivity index (χ2v) is 3.76. The van der Waals surface area contributed by atoms with Crippen molar-refractivity contribution in [2.24, 2.45) is 0 Å². The van der Waals surface area contributed by atoms with Crippen LogP contribution >= 0.6 is 0 Å². The molecule has 0 fully saturated rings. The fourth-order valence-corrected chi connectivity index (χ4v) is 1.67. The van der Waals surface area contributed by atoms with E-state index in [1.165, 1.54) is 0 Å². The number of carbonyl (C=O) groups is 1. The van der Waals surface area contributed by atoms with Crippen LogP contribution in [0.2, 0.25) is 0 Å². The Morgan fingerprint density at radius 3 is 2.18 bits per heavy atom. The van der Waals surface area contributed by atoms with Crippen LogP contribution in [0.3, 0.4) is 0 Å². The first kappa shape index (κ1) is 15.4. The van der Waals surface area contributed by atoms with Crippen molar-refractivity contribution in [3.05, 3.63) is 5.57 Å². The van der Waals surface area contributed by atoms with Crippen LogP contribution in [0.4, 0.5) is 0 Å². The second kappa shape index (κ2) is 7.61. The topological polar surface area (TPSA) is 73.9 Å². The molecule has 0 aromatic carbocycles. The minimum absolute atomic E-state index is 0.265. The predicted molar refractivity (Wildman–Crippen MR) is 64.6 cm³/mol. The quantitative estimate of drug-likeness (QED) is 0.237. The van der Waals surface area contributed by atoms with Crippen molar-refractivity contribution < 1.29 is 14.0 Å². The number of rotatable bonds is 7. The molecule has 5 heteroatoms. The van der Waals surface area contributed by atoms with Gasteiger partial charge in [-0.15, -0.1) is 0 Å².